The van der Waals surface area contributed by atoms with Crippen molar-refractivity contribution in [2.75, 3.05) is 23.7 Å². The summed E-state index contributed by atoms with van der Waals surface area (Å²) in [6, 6.07) is 0. The first-order chi connectivity index (χ1) is 15.5. The second-order valence-corrected chi connectivity index (χ2v) is 6.53. The Hall–Kier alpha value is -4.52. The van der Waals surface area contributed by atoms with Crippen LogP contribution in [0.1, 0.15) is 25.7 Å². The lowest BCUT2D eigenvalue weighted by atomic mass is 10.3. The maximum absolute atomic E-state index is 10.3. The molecule has 4 aromatic heterocycles. The number of nitrogens with zero attached hydrogens (tertiary/aromatic N) is 5. The smallest absolute Gasteiger partial charge is 0.303 e. The van der Waals surface area contributed by atoms with Crippen molar-refractivity contribution in [3.05, 3.63) is 25.3 Å². The van der Waals surface area contributed by atoms with Crippen molar-refractivity contribution in [2.24, 2.45) is 0 Å². The van der Waals surface area contributed by atoms with Crippen molar-refractivity contribution in [1.82, 2.24) is 34.9 Å². The van der Waals surface area contributed by atoms with Gasteiger partial charge in [-0.05, 0) is 19.3 Å². The zero-order valence-electron chi connectivity index (χ0n) is 19.0. The fourth-order valence-corrected chi connectivity index (χ4v) is 2.73. The summed E-state index contributed by atoms with van der Waals surface area (Å²) in [6.07, 6.45) is 7.30. The maximum Gasteiger partial charge on any atom is 0.303 e. The van der Waals surface area contributed by atoms with E-state index < -0.39 is 11.9 Å². The Kier molecular flexibility index (Phi) is 15.9. The SMILES string of the molecule is O.O.O.O.O=C(O)CCCNc1[nH+]cnc2nc[nH]c12.O=C([O-])CCCNc1ncnc2nc[nH]c12. The van der Waals surface area contributed by atoms with Crippen LogP contribution in [0.2, 0.25) is 0 Å². The Morgan fingerprint density at radius 1 is 0.861 bits per heavy atom. The molecule has 14 N–H and O–H groups in total. The summed E-state index contributed by atoms with van der Waals surface area (Å²) in [4.78, 5) is 49.4. The van der Waals surface area contributed by atoms with E-state index in [1.54, 1.807) is 12.7 Å². The van der Waals surface area contributed by atoms with E-state index in [0.29, 0.717) is 43.0 Å². The van der Waals surface area contributed by atoms with Gasteiger partial charge in [0.05, 0.1) is 19.2 Å². The number of aliphatic carboxylic acids is 2. The number of imidazole rings is 2. The van der Waals surface area contributed by atoms with Crippen molar-refractivity contribution in [1.29, 1.82) is 0 Å². The van der Waals surface area contributed by atoms with Crippen molar-refractivity contribution < 1.29 is 46.7 Å². The molecular weight excluding hydrogens is 484 g/mol. The van der Waals surface area contributed by atoms with Gasteiger partial charge in [-0.15, -0.1) is 0 Å². The van der Waals surface area contributed by atoms with Crippen LogP contribution in [-0.2, 0) is 9.59 Å². The molecule has 4 heterocycles. The minimum absolute atomic E-state index is 0. The third kappa shape index (κ3) is 9.77. The summed E-state index contributed by atoms with van der Waals surface area (Å²) in [7, 11) is 0. The molecule has 18 nitrogen and oxygen atoms in total. The van der Waals surface area contributed by atoms with E-state index in [1.807, 2.05) is 0 Å². The van der Waals surface area contributed by atoms with Gasteiger partial charge in [0.1, 0.15) is 11.8 Å². The molecule has 0 spiro atoms. The molecule has 200 valence electrons. The molecule has 0 bridgehead atoms. The Morgan fingerprint density at radius 2 is 1.47 bits per heavy atom. The van der Waals surface area contributed by atoms with Gasteiger partial charge in [-0.3, -0.25) is 4.79 Å². The monoisotopic (exact) mass is 514 g/mol. The first-order valence-corrected chi connectivity index (χ1v) is 9.78. The van der Waals surface area contributed by atoms with E-state index in [-0.39, 0.29) is 34.7 Å². The molecule has 0 radical (unpaired) electrons. The Morgan fingerprint density at radius 3 is 2.14 bits per heavy atom. The van der Waals surface area contributed by atoms with E-state index >= 15 is 0 Å². The molecule has 4 aromatic rings. The van der Waals surface area contributed by atoms with E-state index in [0.717, 1.165) is 16.9 Å². The highest BCUT2D eigenvalue weighted by Crippen LogP contribution is 2.14. The lowest BCUT2D eigenvalue weighted by Gasteiger charge is -2.05. The lowest BCUT2D eigenvalue weighted by molar-refractivity contribution is -0.364. The number of aromatic amines is 3. The molecular formula is C18H30N10O8. The van der Waals surface area contributed by atoms with Crippen molar-refractivity contribution in [3.63, 3.8) is 0 Å². The van der Waals surface area contributed by atoms with E-state index in [1.165, 1.54) is 12.7 Å². The Balaban J connectivity index is 0. The molecule has 0 unspecified atom stereocenters. The van der Waals surface area contributed by atoms with Gasteiger partial charge in [0.2, 0.25) is 12.1 Å². The number of carbonyl (C=O) groups excluding carboxylic acids is 1. The minimum Gasteiger partial charge on any atom is -0.550 e. The zero-order chi connectivity index (χ0) is 22.8. The van der Waals surface area contributed by atoms with Crippen molar-refractivity contribution in [3.8, 4) is 0 Å². The predicted octanol–water partition coefficient (Wildman–Crippen LogP) is -3.96. The number of hydrogen-bond donors (Lipinski definition) is 5. The Labute approximate surface area is 202 Å². The summed E-state index contributed by atoms with van der Waals surface area (Å²) in [6.45, 7) is 1.10. The van der Waals surface area contributed by atoms with Gasteiger partial charge < -0.3 is 57.5 Å². The minimum atomic E-state index is -1.05. The highest BCUT2D eigenvalue weighted by atomic mass is 16.4. The predicted molar refractivity (Wildman–Crippen MR) is 125 cm³/mol. The first kappa shape index (κ1) is 33.7. The quantitative estimate of drug-likeness (QED) is 0.127. The van der Waals surface area contributed by atoms with Crippen LogP contribution in [0.5, 0.6) is 0 Å². The second-order valence-electron chi connectivity index (χ2n) is 6.53. The van der Waals surface area contributed by atoms with Crippen molar-refractivity contribution >= 4 is 45.9 Å². The standard InChI is InChI=1S/2C9H11N5O2.4H2O/c2*15-6(16)2-1-3-10-8-7-9(12-4-11-7)14-5-13-8;;;;/h2*4-5H,1-3H2,(H,15,16)(H2,10,11,12,13,14);4*1H2. The molecule has 0 atom stereocenters. The largest absolute Gasteiger partial charge is 0.550 e. The number of carbonyl (C=O) groups is 2. The molecule has 0 fully saturated rings. The summed E-state index contributed by atoms with van der Waals surface area (Å²) in [5.74, 6) is -0.433. The summed E-state index contributed by atoms with van der Waals surface area (Å²) < 4.78 is 0. The van der Waals surface area contributed by atoms with Crippen LogP contribution in [0.25, 0.3) is 22.3 Å². The third-order valence-corrected chi connectivity index (χ3v) is 4.21. The van der Waals surface area contributed by atoms with Gasteiger partial charge in [-0.25, -0.2) is 24.9 Å². The number of H-pyrrole nitrogens is 3. The van der Waals surface area contributed by atoms with E-state index in [2.05, 4.69) is 50.5 Å². The molecule has 0 aliphatic heterocycles. The number of hydrogen-bond acceptors (Lipinski definition) is 10. The van der Waals surface area contributed by atoms with Crippen LogP contribution in [0, 0.1) is 0 Å². The topological polar surface area (TPSA) is 338 Å². The van der Waals surface area contributed by atoms with Gasteiger partial charge in [0.15, 0.2) is 17.0 Å². The molecule has 4 rings (SSSR count). The molecule has 18 heteroatoms. The molecule has 0 saturated heterocycles. The normalized spacial score (nSPS) is 9.33. The fraction of sp³-hybridized carbons (Fsp3) is 0.333. The molecule has 0 amide bonds. The lowest BCUT2D eigenvalue weighted by Crippen LogP contribution is -2.22. The molecule has 0 aliphatic carbocycles. The van der Waals surface area contributed by atoms with Crippen LogP contribution >= 0.6 is 0 Å². The highest BCUT2D eigenvalue weighted by molar-refractivity contribution is 5.82. The molecule has 0 saturated carbocycles. The number of aromatic nitrogens is 8. The fourth-order valence-electron chi connectivity index (χ4n) is 2.73. The summed E-state index contributed by atoms with van der Waals surface area (Å²) in [5, 5.41) is 24.8. The molecule has 0 aromatic carbocycles. The van der Waals surface area contributed by atoms with Crippen LogP contribution in [-0.4, -0.2) is 86.9 Å². The van der Waals surface area contributed by atoms with Crippen LogP contribution in [0.4, 0.5) is 11.6 Å². The number of carboxylic acid groups (broad SMARTS) is 2. The number of fused-ring (bicyclic) bond motifs is 2. The van der Waals surface area contributed by atoms with Gasteiger partial charge in [0.25, 0.3) is 5.65 Å². The molecule has 0 aliphatic rings. The number of carboxylic acids is 2. The third-order valence-electron chi connectivity index (χ3n) is 4.21. The summed E-state index contributed by atoms with van der Waals surface area (Å²) in [5.41, 5.74) is 2.71. The average molecular weight is 515 g/mol. The zero-order valence-corrected chi connectivity index (χ0v) is 19.0. The molecule has 36 heavy (non-hydrogen) atoms. The average Bonchev–Trinajstić information content (AvgIpc) is 3.44. The van der Waals surface area contributed by atoms with E-state index in [9.17, 15) is 14.7 Å². The Bertz CT molecular complexity index is 1090. The number of rotatable bonds is 10. The summed E-state index contributed by atoms with van der Waals surface area (Å²) >= 11 is 0. The van der Waals surface area contributed by atoms with Crippen LogP contribution < -0.4 is 20.7 Å². The van der Waals surface area contributed by atoms with Gasteiger partial charge >= 0.3 is 5.97 Å². The van der Waals surface area contributed by atoms with Crippen molar-refractivity contribution in [2.45, 2.75) is 25.7 Å². The first-order valence-electron chi connectivity index (χ1n) is 9.78. The van der Waals surface area contributed by atoms with Gasteiger partial charge in [0, 0.05) is 18.9 Å². The number of nitrogens with one attached hydrogen (secondary N) is 5. The van der Waals surface area contributed by atoms with Gasteiger partial charge in [-0.2, -0.15) is 0 Å². The van der Waals surface area contributed by atoms with Gasteiger partial charge in [-0.1, -0.05) is 4.98 Å². The number of anilines is 2. The second kappa shape index (κ2) is 17.0. The van der Waals surface area contributed by atoms with Crippen LogP contribution in [0.15, 0.2) is 25.3 Å². The highest BCUT2D eigenvalue weighted by Gasteiger charge is 2.10. The maximum atomic E-state index is 10.3. The van der Waals surface area contributed by atoms with Crippen LogP contribution in [0.3, 0.4) is 0 Å². The van der Waals surface area contributed by atoms with E-state index in [4.69, 9.17) is 5.11 Å².